The zero-order chi connectivity index (χ0) is 13.7. The fourth-order valence-corrected chi connectivity index (χ4v) is 2.71. The molecule has 0 bridgehead atoms. The van der Waals surface area contributed by atoms with Crippen molar-refractivity contribution >= 4 is 5.91 Å². The van der Waals surface area contributed by atoms with Crippen LogP contribution >= 0.6 is 0 Å². The summed E-state index contributed by atoms with van der Waals surface area (Å²) < 4.78 is 0. The minimum absolute atomic E-state index is 0.00547. The number of rotatable bonds is 5. The predicted molar refractivity (Wildman–Crippen MR) is 75.3 cm³/mol. The second-order valence-electron chi connectivity index (χ2n) is 5.89. The molecular formula is C14H29N3O. The molecule has 106 valence electrons. The zero-order valence-corrected chi connectivity index (χ0v) is 12.4. The van der Waals surface area contributed by atoms with Crippen LogP contribution in [-0.2, 0) is 4.79 Å². The molecule has 1 saturated heterocycles. The molecule has 0 radical (unpaired) electrons. The molecule has 1 aliphatic heterocycles. The van der Waals surface area contributed by atoms with Gasteiger partial charge in [-0.1, -0.05) is 20.8 Å². The van der Waals surface area contributed by atoms with Gasteiger partial charge in [-0.3, -0.25) is 9.69 Å². The highest BCUT2D eigenvalue weighted by molar-refractivity contribution is 5.79. The number of carbonyl (C=O) groups excluding carboxylic acids is 1. The topological polar surface area (TPSA) is 49.6 Å². The molecule has 1 rings (SSSR count). The van der Waals surface area contributed by atoms with E-state index >= 15 is 0 Å². The van der Waals surface area contributed by atoms with Crippen LogP contribution in [0.1, 0.15) is 33.6 Å². The van der Waals surface area contributed by atoms with Gasteiger partial charge in [0.1, 0.15) is 0 Å². The third-order valence-corrected chi connectivity index (χ3v) is 3.95. The normalized spacial score (nSPS) is 23.4. The first-order chi connectivity index (χ1) is 8.49. The third kappa shape index (κ3) is 3.95. The maximum absolute atomic E-state index is 12.5. The van der Waals surface area contributed by atoms with Crippen LogP contribution in [0.25, 0.3) is 0 Å². The quantitative estimate of drug-likeness (QED) is 0.802. The molecule has 1 fully saturated rings. The van der Waals surface area contributed by atoms with Gasteiger partial charge in [-0.05, 0) is 25.8 Å². The maximum Gasteiger partial charge on any atom is 0.227 e. The lowest BCUT2D eigenvalue weighted by molar-refractivity contribution is -0.138. The lowest BCUT2D eigenvalue weighted by atomic mass is 9.95. The van der Waals surface area contributed by atoms with Crippen molar-refractivity contribution in [2.45, 2.75) is 39.7 Å². The summed E-state index contributed by atoms with van der Waals surface area (Å²) in [4.78, 5) is 16.8. The Labute approximate surface area is 111 Å². The van der Waals surface area contributed by atoms with Crippen molar-refractivity contribution < 1.29 is 4.79 Å². The van der Waals surface area contributed by atoms with E-state index in [9.17, 15) is 4.79 Å². The molecule has 1 amide bonds. The first-order valence-corrected chi connectivity index (χ1v) is 7.18. The summed E-state index contributed by atoms with van der Waals surface area (Å²) in [6.07, 6.45) is 2.00. The van der Waals surface area contributed by atoms with Crippen molar-refractivity contribution in [3.8, 4) is 0 Å². The fourth-order valence-electron chi connectivity index (χ4n) is 2.71. The van der Waals surface area contributed by atoms with Gasteiger partial charge in [-0.15, -0.1) is 0 Å². The second kappa shape index (κ2) is 7.10. The largest absolute Gasteiger partial charge is 0.340 e. The molecule has 18 heavy (non-hydrogen) atoms. The Kier molecular flexibility index (Phi) is 6.09. The highest BCUT2D eigenvalue weighted by Gasteiger charge is 2.29. The van der Waals surface area contributed by atoms with Gasteiger partial charge in [0.25, 0.3) is 0 Å². The van der Waals surface area contributed by atoms with E-state index in [0.717, 1.165) is 32.5 Å². The summed E-state index contributed by atoms with van der Waals surface area (Å²) in [6, 6.07) is 0.500. The van der Waals surface area contributed by atoms with E-state index in [2.05, 4.69) is 32.7 Å². The van der Waals surface area contributed by atoms with Crippen LogP contribution in [0.15, 0.2) is 0 Å². The van der Waals surface area contributed by atoms with E-state index in [1.807, 2.05) is 4.90 Å². The van der Waals surface area contributed by atoms with Crippen LogP contribution in [0.3, 0.4) is 0 Å². The molecule has 4 heteroatoms. The number of piperazine rings is 1. The number of amides is 1. The van der Waals surface area contributed by atoms with E-state index in [1.165, 1.54) is 0 Å². The molecule has 2 N–H and O–H groups in total. The molecular weight excluding hydrogens is 226 g/mol. The molecule has 0 saturated carbocycles. The van der Waals surface area contributed by atoms with Gasteiger partial charge >= 0.3 is 0 Å². The van der Waals surface area contributed by atoms with Crippen molar-refractivity contribution in [3.05, 3.63) is 0 Å². The second-order valence-corrected chi connectivity index (χ2v) is 5.89. The van der Waals surface area contributed by atoms with Gasteiger partial charge in [0.2, 0.25) is 5.91 Å². The third-order valence-electron chi connectivity index (χ3n) is 3.95. The van der Waals surface area contributed by atoms with Gasteiger partial charge in [0, 0.05) is 32.2 Å². The first-order valence-electron chi connectivity index (χ1n) is 7.18. The van der Waals surface area contributed by atoms with E-state index < -0.39 is 0 Å². The smallest absolute Gasteiger partial charge is 0.227 e. The Morgan fingerprint density at radius 3 is 2.56 bits per heavy atom. The molecule has 1 heterocycles. The Bertz CT molecular complexity index is 268. The highest BCUT2D eigenvalue weighted by Crippen LogP contribution is 2.17. The van der Waals surface area contributed by atoms with Crippen LogP contribution in [0.5, 0.6) is 0 Å². The molecule has 0 aliphatic carbocycles. The van der Waals surface area contributed by atoms with E-state index in [0.29, 0.717) is 18.5 Å². The molecule has 2 unspecified atom stereocenters. The van der Waals surface area contributed by atoms with Gasteiger partial charge in [0.15, 0.2) is 0 Å². The van der Waals surface area contributed by atoms with Crippen LogP contribution in [0.4, 0.5) is 0 Å². The Morgan fingerprint density at radius 1 is 1.39 bits per heavy atom. The zero-order valence-electron chi connectivity index (χ0n) is 12.4. The summed E-state index contributed by atoms with van der Waals surface area (Å²) in [5, 5.41) is 0. The van der Waals surface area contributed by atoms with Crippen LogP contribution < -0.4 is 5.73 Å². The average molecular weight is 255 g/mol. The highest BCUT2D eigenvalue weighted by atomic mass is 16.2. The van der Waals surface area contributed by atoms with Crippen LogP contribution in [-0.4, -0.2) is 55.0 Å². The number of likely N-dealkylation sites (N-methyl/N-ethyl adjacent to an activating group) is 1. The lowest BCUT2D eigenvalue weighted by Gasteiger charge is -2.40. The van der Waals surface area contributed by atoms with Crippen LogP contribution in [0.2, 0.25) is 0 Å². The summed E-state index contributed by atoms with van der Waals surface area (Å²) in [6.45, 7) is 9.64. The van der Waals surface area contributed by atoms with Gasteiger partial charge in [0.05, 0.1) is 5.92 Å². The summed E-state index contributed by atoms with van der Waals surface area (Å²) in [5.41, 5.74) is 5.77. The lowest BCUT2D eigenvalue weighted by Crippen LogP contribution is -2.54. The number of hydrogen-bond acceptors (Lipinski definition) is 3. The molecule has 2 atom stereocenters. The number of carbonyl (C=O) groups is 1. The number of hydrogen-bond donors (Lipinski definition) is 1. The van der Waals surface area contributed by atoms with Crippen LogP contribution in [0, 0.1) is 11.8 Å². The molecule has 0 aromatic rings. The Morgan fingerprint density at radius 2 is 2.06 bits per heavy atom. The van der Waals surface area contributed by atoms with Gasteiger partial charge in [-0.2, -0.15) is 0 Å². The fraction of sp³-hybridized carbons (Fsp3) is 0.929. The van der Waals surface area contributed by atoms with Gasteiger partial charge in [-0.25, -0.2) is 0 Å². The molecule has 1 aliphatic rings. The minimum Gasteiger partial charge on any atom is -0.340 e. The number of nitrogens with two attached hydrogens (primary N) is 1. The summed E-state index contributed by atoms with van der Waals surface area (Å²) in [7, 11) is 2.14. The van der Waals surface area contributed by atoms with Gasteiger partial charge < -0.3 is 10.6 Å². The SMILES string of the molecule is CCC1CN(C(=O)C(CN)CC(C)C)CCN1C. The maximum atomic E-state index is 12.5. The standard InChI is InChI=1S/C14H29N3O/c1-5-13-10-17(7-6-16(13)4)14(18)12(9-15)8-11(2)3/h11-13H,5-10,15H2,1-4H3. The average Bonchev–Trinajstić information content (AvgIpc) is 2.35. The van der Waals surface area contributed by atoms with E-state index in [4.69, 9.17) is 5.73 Å². The van der Waals surface area contributed by atoms with Crippen molar-refractivity contribution in [3.63, 3.8) is 0 Å². The number of nitrogens with zero attached hydrogens (tertiary/aromatic N) is 2. The predicted octanol–water partition coefficient (Wildman–Crippen LogP) is 1.16. The van der Waals surface area contributed by atoms with Crippen molar-refractivity contribution in [2.75, 3.05) is 33.2 Å². The van der Waals surface area contributed by atoms with Crippen molar-refractivity contribution in [1.82, 2.24) is 9.80 Å². The minimum atomic E-state index is 0.00547. The Balaban J connectivity index is 2.60. The molecule has 0 aromatic heterocycles. The summed E-state index contributed by atoms with van der Waals surface area (Å²) in [5.74, 6) is 0.792. The van der Waals surface area contributed by atoms with E-state index in [-0.39, 0.29) is 11.8 Å². The molecule has 4 nitrogen and oxygen atoms in total. The van der Waals surface area contributed by atoms with Crippen molar-refractivity contribution in [1.29, 1.82) is 0 Å². The Hall–Kier alpha value is -0.610. The molecule has 0 aromatic carbocycles. The van der Waals surface area contributed by atoms with E-state index in [1.54, 1.807) is 0 Å². The first kappa shape index (κ1) is 15.4. The van der Waals surface area contributed by atoms with Crippen molar-refractivity contribution in [2.24, 2.45) is 17.6 Å². The summed E-state index contributed by atoms with van der Waals surface area (Å²) >= 11 is 0. The monoisotopic (exact) mass is 255 g/mol. The molecule has 0 spiro atoms.